The second kappa shape index (κ2) is 41.9. The quantitative estimate of drug-likeness (QED) is 0.0990. The summed E-state index contributed by atoms with van der Waals surface area (Å²) in [6.07, 6.45) is 33.9. The van der Waals surface area contributed by atoms with Crippen molar-refractivity contribution in [2.24, 2.45) is 0 Å². The van der Waals surface area contributed by atoms with E-state index >= 15 is 0 Å². The van der Waals surface area contributed by atoms with Gasteiger partial charge in [-0.3, -0.25) is 0 Å². The first-order valence-corrected chi connectivity index (χ1v) is 15.9. The van der Waals surface area contributed by atoms with Gasteiger partial charge in [0.25, 0.3) is 0 Å². The molecule has 0 fully saturated rings. The number of carboxylic acid groups (broad SMARTS) is 2. The molecule has 0 saturated heterocycles. The zero-order valence-corrected chi connectivity index (χ0v) is 29.2. The number of carbonyl (C=O) groups excluding carboxylic acids is 2. The van der Waals surface area contributed by atoms with Gasteiger partial charge >= 0.3 is 46.9 Å². The Morgan fingerprint density at radius 2 is 0.526 bits per heavy atom. The molecule has 6 heteroatoms. The number of hydrogen-bond acceptors (Lipinski definition) is 4. The van der Waals surface area contributed by atoms with Crippen molar-refractivity contribution in [1.29, 1.82) is 0 Å². The van der Waals surface area contributed by atoms with Gasteiger partial charge in [0.1, 0.15) is 0 Å². The summed E-state index contributed by atoms with van der Waals surface area (Å²) in [6.45, 7) is 4.51. The van der Waals surface area contributed by atoms with E-state index in [9.17, 15) is 19.8 Å². The van der Waals surface area contributed by atoms with E-state index in [0.29, 0.717) is 0 Å². The SMILES string of the molecule is CCCCCCCCCCCCCCCC(=O)[O-].CCCCCCCCCCCCCCCC(=O)[O-].[Al+3].[Na+]. The summed E-state index contributed by atoms with van der Waals surface area (Å²) in [5.41, 5.74) is 0. The fourth-order valence-electron chi connectivity index (χ4n) is 4.57. The minimum atomic E-state index is -0.905. The predicted molar refractivity (Wildman–Crippen MR) is 156 cm³/mol. The smallest absolute Gasteiger partial charge is 0.550 e. The van der Waals surface area contributed by atoms with Crippen LogP contribution in [0.4, 0.5) is 0 Å². The van der Waals surface area contributed by atoms with Crippen molar-refractivity contribution in [2.75, 3.05) is 0 Å². The minimum Gasteiger partial charge on any atom is -0.550 e. The van der Waals surface area contributed by atoms with Gasteiger partial charge in [-0.15, -0.1) is 0 Å². The Labute approximate surface area is 270 Å². The van der Waals surface area contributed by atoms with E-state index in [1.165, 1.54) is 141 Å². The van der Waals surface area contributed by atoms with Gasteiger partial charge in [-0.2, -0.15) is 0 Å². The molecule has 0 aliphatic carbocycles. The van der Waals surface area contributed by atoms with Crippen molar-refractivity contribution < 1.29 is 49.4 Å². The molecule has 38 heavy (non-hydrogen) atoms. The fourth-order valence-corrected chi connectivity index (χ4v) is 4.57. The molecule has 0 aromatic carbocycles. The van der Waals surface area contributed by atoms with Crippen LogP contribution in [0.2, 0.25) is 0 Å². The van der Waals surface area contributed by atoms with Gasteiger partial charge in [0.2, 0.25) is 0 Å². The third kappa shape index (κ3) is 49.4. The molecule has 0 saturated carbocycles. The summed E-state index contributed by atoms with van der Waals surface area (Å²) < 4.78 is 0. The number of unbranched alkanes of at least 4 members (excludes halogenated alkanes) is 24. The molecular weight excluding hydrogens is 498 g/mol. The molecule has 0 spiro atoms. The average molecular weight is 561 g/mol. The molecule has 0 N–H and O–H groups in total. The average Bonchev–Trinajstić information content (AvgIpc) is 2.85. The van der Waals surface area contributed by atoms with E-state index in [-0.39, 0.29) is 59.8 Å². The van der Waals surface area contributed by atoms with Gasteiger partial charge in [0, 0.05) is 11.9 Å². The first-order chi connectivity index (χ1) is 17.5. The standard InChI is InChI=1S/2C16H32O2.Al.Na/c2*1-2-3-4-5-6-7-8-9-10-11-12-13-14-15-16(17)18;;/h2*2-15H2,1H3,(H,17,18);;/q;;+3;+1/p-2. The maximum absolute atomic E-state index is 10.2. The molecule has 0 aliphatic heterocycles. The monoisotopic (exact) mass is 560 g/mol. The molecule has 0 bridgehead atoms. The Balaban J connectivity index is -0.000000289. The van der Waals surface area contributed by atoms with Crippen LogP contribution in [0.15, 0.2) is 0 Å². The Morgan fingerprint density at radius 1 is 0.368 bits per heavy atom. The van der Waals surface area contributed by atoms with Gasteiger partial charge in [0.15, 0.2) is 0 Å². The summed E-state index contributed by atoms with van der Waals surface area (Å²) >= 11 is 0. The van der Waals surface area contributed by atoms with Crippen molar-refractivity contribution in [3.63, 3.8) is 0 Å². The van der Waals surface area contributed by atoms with Gasteiger partial charge in [-0.05, 0) is 25.7 Å². The summed E-state index contributed by atoms with van der Waals surface area (Å²) in [5, 5.41) is 20.4. The predicted octanol–water partition coefficient (Wildman–Crippen LogP) is 5.06. The molecule has 0 aromatic rings. The molecular formula is C32H62AlNaO4+2. The van der Waals surface area contributed by atoms with E-state index in [4.69, 9.17) is 0 Å². The number of hydrogen-bond donors (Lipinski definition) is 0. The van der Waals surface area contributed by atoms with E-state index in [1.807, 2.05) is 0 Å². The van der Waals surface area contributed by atoms with Gasteiger partial charge in [-0.25, -0.2) is 0 Å². The normalized spacial score (nSPS) is 10.2. The maximum atomic E-state index is 10.2. The molecule has 0 atom stereocenters. The van der Waals surface area contributed by atoms with Crippen LogP contribution >= 0.6 is 0 Å². The topological polar surface area (TPSA) is 80.3 Å². The zero-order chi connectivity index (χ0) is 27.0. The van der Waals surface area contributed by atoms with Crippen molar-refractivity contribution in [1.82, 2.24) is 0 Å². The van der Waals surface area contributed by atoms with E-state index < -0.39 is 11.9 Å². The third-order valence-corrected chi connectivity index (χ3v) is 6.97. The molecule has 0 rings (SSSR count). The summed E-state index contributed by atoms with van der Waals surface area (Å²) in [4.78, 5) is 20.4. The first kappa shape index (κ1) is 45.5. The molecule has 0 aliphatic rings. The van der Waals surface area contributed by atoms with Crippen LogP contribution in [0.25, 0.3) is 0 Å². The van der Waals surface area contributed by atoms with Crippen molar-refractivity contribution in [2.45, 2.75) is 194 Å². The van der Waals surface area contributed by atoms with Crippen LogP contribution in [0, 0.1) is 0 Å². The van der Waals surface area contributed by atoms with Crippen LogP contribution in [-0.2, 0) is 9.59 Å². The van der Waals surface area contributed by atoms with E-state index in [0.717, 1.165) is 25.7 Å². The minimum absolute atomic E-state index is 0. The largest absolute Gasteiger partial charge is 3.00 e. The Bertz CT molecular complexity index is 409. The van der Waals surface area contributed by atoms with Crippen molar-refractivity contribution >= 4 is 29.3 Å². The molecule has 0 heterocycles. The van der Waals surface area contributed by atoms with Gasteiger partial charge in [0.05, 0.1) is 0 Å². The van der Waals surface area contributed by atoms with Crippen molar-refractivity contribution in [3.05, 3.63) is 0 Å². The van der Waals surface area contributed by atoms with Crippen LogP contribution < -0.4 is 39.8 Å². The zero-order valence-electron chi connectivity index (χ0n) is 26.0. The van der Waals surface area contributed by atoms with Crippen molar-refractivity contribution in [3.8, 4) is 0 Å². The van der Waals surface area contributed by atoms with Gasteiger partial charge in [-0.1, -0.05) is 168 Å². The number of carboxylic acids is 2. The number of rotatable bonds is 28. The van der Waals surface area contributed by atoms with Crippen LogP contribution in [0.3, 0.4) is 0 Å². The Morgan fingerprint density at radius 3 is 0.684 bits per heavy atom. The molecule has 0 radical (unpaired) electrons. The molecule has 4 nitrogen and oxygen atoms in total. The second-order valence-electron chi connectivity index (χ2n) is 10.7. The maximum Gasteiger partial charge on any atom is 3.00 e. The number of aliphatic carboxylic acids is 2. The fraction of sp³-hybridized carbons (Fsp3) is 0.938. The van der Waals surface area contributed by atoms with Crippen LogP contribution in [0.1, 0.15) is 194 Å². The summed E-state index contributed by atoms with van der Waals surface area (Å²) in [7, 11) is 0. The molecule has 0 amide bonds. The van der Waals surface area contributed by atoms with E-state index in [2.05, 4.69) is 13.8 Å². The first-order valence-electron chi connectivity index (χ1n) is 15.9. The van der Waals surface area contributed by atoms with Crippen LogP contribution in [0.5, 0.6) is 0 Å². The number of carbonyl (C=O) groups is 2. The van der Waals surface area contributed by atoms with Gasteiger partial charge < -0.3 is 19.8 Å². The van der Waals surface area contributed by atoms with E-state index in [1.54, 1.807) is 0 Å². The van der Waals surface area contributed by atoms with Crippen LogP contribution in [-0.4, -0.2) is 29.3 Å². The third-order valence-electron chi connectivity index (χ3n) is 6.97. The second-order valence-corrected chi connectivity index (χ2v) is 10.7. The summed E-state index contributed by atoms with van der Waals surface area (Å²) in [5.74, 6) is -1.81. The molecule has 216 valence electrons. The molecule has 0 unspecified atom stereocenters. The Hall–Kier alpha value is 0.472. The Kier molecular flexibility index (Phi) is 50.2. The molecule has 0 aromatic heterocycles. The summed E-state index contributed by atoms with van der Waals surface area (Å²) in [6, 6.07) is 0.